The van der Waals surface area contributed by atoms with Crippen molar-refractivity contribution in [2.45, 2.75) is 26.3 Å². The Morgan fingerprint density at radius 1 is 1.22 bits per heavy atom. The molecule has 5 heteroatoms. The summed E-state index contributed by atoms with van der Waals surface area (Å²) in [5.74, 6) is 2.26. The van der Waals surface area contributed by atoms with Crippen LogP contribution in [0.2, 0.25) is 0 Å². The topological polar surface area (TPSA) is 76.7 Å². The maximum Gasteiger partial charge on any atom is 0.135 e. The largest absolute Gasteiger partial charge is 0.384 e. The van der Waals surface area contributed by atoms with E-state index in [1.807, 2.05) is 26.0 Å². The van der Waals surface area contributed by atoms with Crippen molar-refractivity contribution in [3.8, 4) is 0 Å². The van der Waals surface area contributed by atoms with Crippen molar-refractivity contribution in [3.63, 3.8) is 0 Å². The molecule has 3 N–H and O–H groups in total. The fourth-order valence-electron chi connectivity index (χ4n) is 1.53. The Bertz CT molecular complexity index is 510. The molecule has 0 fully saturated rings. The van der Waals surface area contributed by atoms with Crippen LogP contribution in [-0.2, 0) is 6.54 Å². The van der Waals surface area contributed by atoms with Crippen LogP contribution in [0, 0.1) is 0 Å². The molecule has 0 unspecified atom stereocenters. The monoisotopic (exact) mass is 243 g/mol. The van der Waals surface area contributed by atoms with Crippen molar-refractivity contribution in [3.05, 3.63) is 42.0 Å². The van der Waals surface area contributed by atoms with Gasteiger partial charge < -0.3 is 11.1 Å². The van der Waals surface area contributed by atoms with Crippen molar-refractivity contribution in [2.75, 3.05) is 11.1 Å². The van der Waals surface area contributed by atoms with E-state index in [0.717, 1.165) is 17.2 Å². The van der Waals surface area contributed by atoms with E-state index in [1.54, 1.807) is 18.5 Å². The van der Waals surface area contributed by atoms with Crippen molar-refractivity contribution >= 4 is 11.6 Å². The van der Waals surface area contributed by atoms with E-state index in [1.165, 1.54) is 0 Å². The molecule has 0 saturated heterocycles. The number of hydrogen-bond acceptors (Lipinski definition) is 5. The predicted octanol–water partition coefficient (Wildman–Crippen LogP) is 2.19. The quantitative estimate of drug-likeness (QED) is 0.860. The number of nitrogen functional groups attached to an aromatic ring is 1. The van der Waals surface area contributed by atoms with Crippen molar-refractivity contribution in [1.29, 1.82) is 0 Å². The van der Waals surface area contributed by atoms with Gasteiger partial charge in [0.25, 0.3) is 0 Å². The average molecular weight is 243 g/mol. The van der Waals surface area contributed by atoms with E-state index in [2.05, 4.69) is 20.3 Å². The highest BCUT2D eigenvalue weighted by molar-refractivity contribution is 5.45. The van der Waals surface area contributed by atoms with E-state index in [-0.39, 0.29) is 5.92 Å². The van der Waals surface area contributed by atoms with Crippen molar-refractivity contribution < 1.29 is 0 Å². The SMILES string of the molecule is CC(C)c1nc(N)cc(NCc2ccncc2)n1. The van der Waals surface area contributed by atoms with Gasteiger partial charge in [0.05, 0.1) is 0 Å². The Balaban J connectivity index is 2.10. The first-order valence-electron chi connectivity index (χ1n) is 5.92. The van der Waals surface area contributed by atoms with Gasteiger partial charge in [0.1, 0.15) is 17.5 Å². The first-order chi connectivity index (χ1) is 8.65. The van der Waals surface area contributed by atoms with Gasteiger partial charge in [-0.2, -0.15) is 0 Å². The maximum absolute atomic E-state index is 5.77. The molecular formula is C13H17N5. The lowest BCUT2D eigenvalue weighted by molar-refractivity contribution is 0.777. The third kappa shape index (κ3) is 3.16. The Hall–Kier alpha value is -2.17. The van der Waals surface area contributed by atoms with Crippen molar-refractivity contribution in [1.82, 2.24) is 15.0 Å². The summed E-state index contributed by atoms with van der Waals surface area (Å²) in [6, 6.07) is 5.66. The smallest absolute Gasteiger partial charge is 0.135 e. The summed E-state index contributed by atoms with van der Waals surface area (Å²) >= 11 is 0. The van der Waals surface area contributed by atoms with E-state index in [9.17, 15) is 0 Å². The molecule has 2 aromatic rings. The van der Waals surface area contributed by atoms with Crippen LogP contribution in [0.1, 0.15) is 31.2 Å². The number of anilines is 2. The Morgan fingerprint density at radius 3 is 2.61 bits per heavy atom. The van der Waals surface area contributed by atoms with Crippen LogP contribution in [0.5, 0.6) is 0 Å². The molecule has 0 aromatic carbocycles. The molecule has 0 amide bonds. The summed E-state index contributed by atoms with van der Waals surface area (Å²) in [6.07, 6.45) is 3.54. The fourth-order valence-corrected chi connectivity index (χ4v) is 1.53. The molecule has 2 aromatic heterocycles. The summed E-state index contributed by atoms with van der Waals surface area (Å²) < 4.78 is 0. The van der Waals surface area contributed by atoms with Crippen LogP contribution >= 0.6 is 0 Å². The molecule has 0 aliphatic heterocycles. The lowest BCUT2D eigenvalue weighted by Crippen LogP contribution is -2.07. The number of hydrogen-bond donors (Lipinski definition) is 2. The Morgan fingerprint density at radius 2 is 1.94 bits per heavy atom. The van der Waals surface area contributed by atoms with Crippen LogP contribution in [0.25, 0.3) is 0 Å². The number of pyridine rings is 1. The molecule has 0 saturated carbocycles. The predicted molar refractivity (Wildman–Crippen MR) is 72.1 cm³/mol. The molecule has 94 valence electrons. The van der Waals surface area contributed by atoms with Gasteiger partial charge in [0, 0.05) is 30.9 Å². The zero-order valence-corrected chi connectivity index (χ0v) is 10.6. The maximum atomic E-state index is 5.77. The molecule has 0 spiro atoms. The minimum Gasteiger partial charge on any atom is -0.384 e. The third-order valence-electron chi connectivity index (χ3n) is 2.50. The summed E-state index contributed by atoms with van der Waals surface area (Å²) in [4.78, 5) is 12.6. The summed E-state index contributed by atoms with van der Waals surface area (Å²) in [7, 11) is 0. The zero-order chi connectivity index (χ0) is 13.0. The molecule has 0 bridgehead atoms. The second-order valence-electron chi connectivity index (χ2n) is 4.40. The first-order valence-corrected chi connectivity index (χ1v) is 5.92. The van der Waals surface area contributed by atoms with E-state index in [0.29, 0.717) is 12.4 Å². The van der Waals surface area contributed by atoms with Gasteiger partial charge in [0.2, 0.25) is 0 Å². The molecular weight excluding hydrogens is 226 g/mol. The third-order valence-corrected chi connectivity index (χ3v) is 2.50. The molecule has 0 aliphatic carbocycles. The summed E-state index contributed by atoms with van der Waals surface area (Å²) in [5.41, 5.74) is 6.91. The average Bonchev–Trinajstić information content (AvgIpc) is 2.37. The lowest BCUT2D eigenvalue weighted by atomic mass is 10.2. The van der Waals surface area contributed by atoms with Crippen LogP contribution in [0.15, 0.2) is 30.6 Å². The minimum absolute atomic E-state index is 0.259. The normalized spacial score (nSPS) is 10.6. The second-order valence-corrected chi connectivity index (χ2v) is 4.40. The number of aromatic nitrogens is 3. The zero-order valence-electron chi connectivity index (χ0n) is 10.6. The van der Waals surface area contributed by atoms with Gasteiger partial charge in [-0.15, -0.1) is 0 Å². The lowest BCUT2D eigenvalue weighted by Gasteiger charge is -2.10. The second kappa shape index (κ2) is 5.44. The number of nitrogens with zero attached hydrogens (tertiary/aromatic N) is 3. The van der Waals surface area contributed by atoms with E-state index < -0.39 is 0 Å². The molecule has 0 radical (unpaired) electrons. The number of nitrogens with one attached hydrogen (secondary N) is 1. The molecule has 0 atom stereocenters. The molecule has 18 heavy (non-hydrogen) atoms. The Labute approximate surface area is 106 Å². The molecule has 0 aliphatic rings. The van der Waals surface area contributed by atoms with Crippen LogP contribution in [0.3, 0.4) is 0 Å². The van der Waals surface area contributed by atoms with Gasteiger partial charge in [-0.05, 0) is 17.7 Å². The first kappa shape index (κ1) is 12.3. The van der Waals surface area contributed by atoms with Gasteiger partial charge in [0.15, 0.2) is 0 Å². The van der Waals surface area contributed by atoms with E-state index >= 15 is 0 Å². The molecule has 5 nitrogen and oxygen atoms in total. The molecule has 2 rings (SSSR count). The van der Waals surface area contributed by atoms with Gasteiger partial charge in [-0.25, -0.2) is 9.97 Å². The highest BCUT2D eigenvalue weighted by Crippen LogP contribution is 2.15. The Kier molecular flexibility index (Phi) is 3.72. The number of nitrogens with two attached hydrogens (primary N) is 1. The highest BCUT2D eigenvalue weighted by Gasteiger charge is 2.06. The van der Waals surface area contributed by atoms with Gasteiger partial charge in [-0.1, -0.05) is 13.8 Å². The number of rotatable bonds is 4. The fraction of sp³-hybridized carbons (Fsp3) is 0.308. The highest BCUT2D eigenvalue weighted by atomic mass is 15.0. The van der Waals surface area contributed by atoms with Crippen molar-refractivity contribution in [2.24, 2.45) is 0 Å². The van der Waals surface area contributed by atoms with Crippen LogP contribution in [0.4, 0.5) is 11.6 Å². The van der Waals surface area contributed by atoms with E-state index in [4.69, 9.17) is 5.73 Å². The van der Waals surface area contributed by atoms with Crippen LogP contribution < -0.4 is 11.1 Å². The standard InChI is InChI=1S/C13H17N5/c1-9(2)13-17-11(14)7-12(18-13)16-8-10-3-5-15-6-4-10/h3-7,9H,8H2,1-2H3,(H3,14,16,17,18). The van der Waals surface area contributed by atoms with Crippen LogP contribution in [-0.4, -0.2) is 15.0 Å². The van der Waals surface area contributed by atoms with Gasteiger partial charge in [-0.3, -0.25) is 4.98 Å². The molecule has 2 heterocycles. The summed E-state index contributed by atoms with van der Waals surface area (Å²) in [6.45, 7) is 4.78. The van der Waals surface area contributed by atoms with Gasteiger partial charge >= 0.3 is 0 Å². The summed E-state index contributed by atoms with van der Waals surface area (Å²) in [5, 5.41) is 3.24. The minimum atomic E-state index is 0.259.